The van der Waals surface area contributed by atoms with Gasteiger partial charge >= 0.3 is 5.97 Å². The van der Waals surface area contributed by atoms with E-state index < -0.39 is 17.9 Å². The molecule has 0 aromatic heterocycles. The van der Waals surface area contributed by atoms with Crippen molar-refractivity contribution in [1.82, 2.24) is 5.32 Å². The molecule has 2 aromatic carbocycles. The SMILES string of the molecule is CCCCC(=O)Nc1ccc(-c2ccc(C(=O)N[C@@H](C(=O)O)C(C)C)cc2)cc1. The van der Waals surface area contributed by atoms with Crippen LogP contribution in [0.3, 0.4) is 0 Å². The Morgan fingerprint density at radius 1 is 0.931 bits per heavy atom. The van der Waals surface area contributed by atoms with Crippen LogP contribution in [-0.4, -0.2) is 28.9 Å². The average molecular weight is 396 g/mol. The molecule has 154 valence electrons. The number of anilines is 1. The predicted molar refractivity (Wildman–Crippen MR) is 114 cm³/mol. The summed E-state index contributed by atoms with van der Waals surface area (Å²) in [5, 5.41) is 14.6. The van der Waals surface area contributed by atoms with Crippen molar-refractivity contribution in [2.45, 2.75) is 46.1 Å². The predicted octanol–water partition coefficient (Wildman–Crippen LogP) is 4.32. The first-order chi connectivity index (χ1) is 13.8. The zero-order valence-electron chi connectivity index (χ0n) is 17.1. The molecule has 1 atom stereocenters. The van der Waals surface area contributed by atoms with Gasteiger partial charge in [0.05, 0.1) is 0 Å². The Morgan fingerprint density at radius 2 is 1.48 bits per heavy atom. The average Bonchev–Trinajstić information content (AvgIpc) is 2.70. The normalized spacial score (nSPS) is 11.7. The van der Waals surface area contributed by atoms with Crippen molar-refractivity contribution >= 4 is 23.5 Å². The summed E-state index contributed by atoms with van der Waals surface area (Å²) in [5.41, 5.74) is 3.03. The molecule has 0 saturated heterocycles. The first-order valence-corrected chi connectivity index (χ1v) is 9.85. The van der Waals surface area contributed by atoms with Crippen LogP contribution in [0.25, 0.3) is 11.1 Å². The lowest BCUT2D eigenvalue weighted by atomic mass is 10.0. The highest BCUT2D eigenvalue weighted by molar-refractivity contribution is 5.97. The van der Waals surface area contributed by atoms with E-state index in [1.165, 1.54) is 0 Å². The van der Waals surface area contributed by atoms with E-state index in [0.717, 1.165) is 29.7 Å². The Labute approximate surface area is 171 Å². The molecule has 0 bridgehead atoms. The third-order valence-corrected chi connectivity index (χ3v) is 4.63. The molecule has 0 saturated carbocycles. The lowest BCUT2D eigenvalue weighted by molar-refractivity contribution is -0.140. The number of carboxylic acid groups (broad SMARTS) is 1. The van der Waals surface area contributed by atoms with Gasteiger partial charge in [-0.1, -0.05) is 51.5 Å². The van der Waals surface area contributed by atoms with Gasteiger partial charge < -0.3 is 15.7 Å². The molecular weight excluding hydrogens is 368 g/mol. The Balaban J connectivity index is 2.03. The second kappa shape index (κ2) is 10.4. The van der Waals surface area contributed by atoms with Gasteiger partial charge in [0.25, 0.3) is 5.91 Å². The summed E-state index contributed by atoms with van der Waals surface area (Å²) in [4.78, 5) is 35.4. The minimum atomic E-state index is -1.05. The number of unbranched alkanes of at least 4 members (excludes halogenated alkanes) is 1. The second-order valence-electron chi connectivity index (χ2n) is 7.34. The maximum atomic E-state index is 12.3. The highest BCUT2D eigenvalue weighted by atomic mass is 16.4. The van der Waals surface area contributed by atoms with Gasteiger partial charge in [-0.2, -0.15) is 0 Å². The van der Waals surface area contributed by atoms with E-state index in [0.29, 0.717) is 12.0 Å². The minimum Gasteiger partial charge on any atom is -0.480 e. The molecule has 2 rings (SSSR count). The maximum Gasteiger partial charge on any atom is 0.326 e. The zero-order valence-corrected chi connectivity index (χ0v) is 17.1. The molecule has 0 unspecified atom stereocenters. The molecule has 0 aliphatic rings. The van der Waals surface area contributed by atoms with Crippen molar-refractivity contribution in [1.29, 1.82) is 0 Å². The standard InChI is InChI=1S/C23H28N2O4/c1-4-5-6-20(26)24-19-13-11-17(12-14-19)16-7-9-18(10-8-16)22(27)25-21(15(2)3)23(28)29/h7-15,21H,4-6H2,1-3H3,(H,24,26)(H,25,27)(H,28,29)/t21-/m1/s1. The number of amides is 2. The molecule has 0 fully saturated rings. The van der Waals surface area contributed by atoms with Crippen molar-refractivity contribution < 1.29 is 19.5 Å². The molecule has 2 aromatic rings. The van der Waals surface area contributed by atoms with Crippen LogP contribution < -0.4 is 10.6 Å². The Kier molecular flexibility index (Phi) is 7.95. The Morgan fingerprint density at radius 3 is 1.97 bits per heavy atom. The van der Waals surface area contributed by atoms with E-state index in [9.17, 15) is 19.5 Å². The molecule has 0 aliphatic heterocycles. The third-order valence-electron chi connectivity index (χ3n) is 4.63. The van der Waals surface area contributed by atoms with Gasteiger partial charge in [0, 0.05) is 17.7 Å². The molecule has 0 aliphatic carbocycles. The van der Waals surface area contributed by atoms with Crippen molar-refractivity contribution in [3.8, 4) is 11.1 Å². The second-order valence-corrected chi connectivity index (χ2v) is 7.34. The highest BCUT2D eigenvalue weighted by Gasteiger charge is 2.23. The monoisotopic (exact) mass is 396 g/mol. The van der Waals surface area contributed by atoms with Crippen LogP contribution in [0.4, 0.5) is 5.69 Å². The summed E-state index contributed by atoms with van der Waals surface area (Å²) >= 11 is 0. The molecule has 3 N–H and O–H groups in total. The van der Waals surface area contributed by atoms with Crippen LogP contribution in [0.2, 0.25) is 0 Å². The summed E-state index contributed by atoms with van der Waals surface area (Å²) < 4.78 is 0. The minimum absolute atomic E-state index is 0.0102. The van der Waals surface area contributed by atoms with E-state index in [4.69, 9.17) is 0 Å². The molecule has 2 amide bonds. The molecule has 6 heteroatoms. The topological polar surface area (TPSA) is 95.5 Å². The molecule has 0 radical (unpaired) electrons. The summed E-state index contributed by atoms with van der Waals surface area (Å²) in [6.45, 7) is 5.54. The first-order valence-electron chi connectivity index (χ1n) is 9.85. The molecule has 6 nitrogen and oxygen atoms in total. The van der Waals surface area contributed by atoms with Crippen molar-refractivity contribution in [3.05, 3.63) is 54.1 Å². The van der Waals surface area contributed by atoms with E-state index in [1.54, 1.807) is 26.0 Å². The van der Waals surface area contributed by atoms with Crippen LogP contribution in [0, 0.1) is 5.92 Å². The molecule has 29 heavy (non-hydrogen) atoms. The number of carbonyl (C=O) groups is 3. The van der Waals surface area contributed by atoms with Gasteiger partial charge in [-0.15, -0.1) is 0 Å². The number of hydrogen-bond donors (Lipinski definition) is 3. The van der Waals surface area contributed by atoms with Crippen molar-refractivity contribution in [2.75, 3.05) is 5.32 Å². The number of rotatable bonds is 9. The highest BCUT2D eigenvalue weighted by Crippen LogP contribution is 2.22. The largest absolute Gasteiger partial charge is 0.480 e. The van der Waals surface area contributed by atoms with Gasteiger partial charge in [-0.05, 0) is 47.7 Å². The van der Waals surface area contributed by atoms with Gasteiger partial charge in [0.15, 0.2) is 0 Å². The maximum absolute atomic E-state index is 12.3. The molecule has 0 spiro atoms. The van der Waals surface area contributed by atoms with Crippen LogP contribution in [0.1, 0.15) is 50.4 Å². The van der Waals surface area contributed by atoms with E-state index >= 15 is 0 Å². The first kappa shape index (κ1) is 22.1. The van der Waals surface area contributed by atoms with Crippen LogP contribution in [0.5, 0.6) is 0 Å². The Hall–Kier alpha value is -3.15. The Bertz CT molecular complexity index is 842. The number of benzene rings is 2. The summed E-state index contributed by atoms with van der Waals surface area (Å²) in [6, 6.07) is 13.5. The number of aliphatic carboxylic acids is 1. The quantitative estimate of drug-likeness (QED) is 0.588. The number of hydrogen-bond acceptors (Lipinski definition) is 3. The van der Waals surface area contributed by atoms with Gasteiger partial charge in [-0.3, -0.25) is 9.59 Å². The third kappa shape index (κ3) is 6.45. The van der Waals surface area contributed by atoms with Crippen LogP contribution in [-0.2, 0) is 9.59 Å². The number of carboxylic acids is 1. The molecular formula is C23H28N2O4. The van der Waals surface area contributed by atoms with Gasteiger partial charge in [0.1, 0.15) is 6.04 Å². The van der Waals surface area contributed by atoms with E-state index in [1.807, 2.05) is 43.3 Å². The molecule has 0 heterocycles. The van der Waals surface area contributed by atoms with Crippen LogP contribution in [0.15, 0.2) is 48.5 Å². The fraction of sp³-hybridized carbons (Fsp3) is 0.348. The fourth-order valence-electron chi connectivity index (χ4n) is 2.86. The fourth-order valence-corrected chi connectivity index (χ4v) is 2.86. The smallest absolute Gasteiger partial charge is 0.326 e. The number of carbonyl (C=O) groups excluding carboxylic acids is 2. The van der Waals surface area contributed by atoms with E-state index in [2.05, 4.69) is 10.6 Å². The number of nitrogens with one attached hydrogen (secondary N) is 2. The summed E-state index contributed by atoms with van der Waals surface area (Å²) in [7, 11) is 0. The zero-order chi connectivity index (χ0) is 21.4. The lowest BCUT2D eigenvalue weighted by Gasteiger charge is -2.18. The van der Waals surface area contributed by atoms with Crippen molar-refractivity contribution in [2.24, 2.45) is 5.92 Å². The van der Waals surface area contributed by atoms with E-state index in [-0.39, 0.29) is 11.8 Å². The van der Waals surface area contributed by atoms with Crippen LogP contribution >= 0.6 is 0 Å². The lowest BCUT2D eigenvalue weighted by Crippen LogP contribution is -2.44. The summed E-state index contributed by atoms with van der Waals surface area (Å²) in [5.74, 6) is -1.66. The summed E-state index contributed by atoms with van der Waals surface area (Å²) in [6.07, 6.45) is 2.37. The van der Waals surface area contributed by atoms with Gasteiger partial charge in [0.2, 0.25) is 5.91 Å². The van der Waals surface area contributed by atoms with Crippen molar-refractivity contribution in [3.63, 3.8) is 0 Å². The van der Waals surface area contributed by atoms with Gasteiger partial charge in [-0.25, -0.2) is 4.79 Å².